The summed E-state index contributed by atoms with van der Waals surface area (Å²) in [5.41, 5.74) is 1.70. The molecule has 3 N–H and O–H groups in total. The molecule has 0 bridgehead atoms. The normalized spacial score (nSPS) is 15.8. The molecule has 122 valence electrons. The molecule has 23 heavy (non-hydrogen) atoms. The zero-order chi connectivity index (χ0) is 16.2. The fourth-order valence-electron chi connectivity index (χ4n) is 2.36. The first-order valence-corrected chi connectivity index (χ1v) is 7.46. The van der Waals surface area contributed by atoms with E-state index in [1.165, 1.54) is 0 Å². The third-order valence-corrected chi connectivity index (χ3v) is 3.53. The fraction of sp³-hybridized carbons (Fsp3) is 0.400. The van der Waals surface area contributed by atoms with Gasteiger partial charge in [0.15, 0.2) is 0 Å². The highest BCUT2D eigenvalue weighted by molar-refractivity contribution is 5.75. The molecule has 0 aliphatic carbocycles. The van der Waals surface area contributed by atoms with Gasteiger partial charge in [-0.2, -0.15) is 4.98 Å². The number of nitrogens with one attached hydrogen (secondary N) is 2. The van der Waals surface area contributed by atoms with E-state index in [-0.39, 0.29) is 25.2 Å². The summed E-state index contributed by atoms with van der Waals surface area (Å²) in [5, 5.41) is 18.0. The van der Waals surface area contributed by atoms with E-state index in [4.69, 9.17) is 14.4 Å². The monoisotopic (exact) mass is 318 g/mol. The minimum atomic E-state index is -0.338. The highest BCUT2D eigenvalue weighted by Crippen LogP contribution is 2.35. The van der Waals surface area contributed by atoms with Gasteiger partial charge in [-0.1, -0.05) is 24.2 Å². The van der Waals surface area contributed by atoms with Gasteiger partial charge >= 0.3 is 6.03 Å². The van der Waals surface area contributed by atoms with Gasteiger partial charge in [0.25, 0.3) is 0 Å². The number of aromatic nitrogens is 2. The first-order valence-electron chi connectivity index (χ1n) is 7.46. The van der Waals surface area contributed by atoms with Gasteiger partial charge in [-0.25, -0.2) is 4.79 Å². The predicted molar refractivity (Wildman–Crippen MR) is 81.0 cm³/mol. The van der Waals surface area contributed by atoms with Crippen molar-refractivity contribution >= 4 is 6.03 Å². The molecule has 1 unspecified atom stereocenters. The zero-order valence-corrected chi connectivity index (χ0v) is 12.7. The molecule has 3 rings (SSSR count). The van der Waals surface area contributed by atoms with E-state index in [1.54, 1.807) is 0 Å². The number of amides is 2. The molecule has 2 amide bonds. The highest BCUT2D eigenvalue weighted by atomic mass is 16.5. The highest BCUT2D eigenvalue weighted by Gasteiger charge is 2.26. The molecule has 0 fully saturated rings. The van der Waals surface area contributed by atoms with Crippen molar-refractivity contribution in [1.29, 1.82) is 0 Å². The Labute approximate surface area is 132 Å². The molecule has 8 nitrogen and oxygen atoms in total. The summed E-state index contributed by atoms with van der Waals surface area (Å²) in [5.74, 6) is 1.80. The summed E-state index contributed by atoms with van der Waals surface area (Å²) in [7, 11) is 0. The Bertz CT molecular complexity index is 701. The molecule has 1 atom stereocenters. The number of hydrogen-bond acceptors (Lipinski definition) is 6. The third-order valence-electron chi connectivity index (χ3n) is 3.53. The Morgan fingerprint density at radius 1 is 1.48 bits per heavy atom. The number of rotatable bonds is 5. The Morgan fingerprint density at radius 2 is 2.35 bits per heavy atom. The molecule has 0 spiro atoms. The average Bonchev–Trinajstić information content (AvgIpc) is 3.19. The van der Waals surface area contributed by atoms with Gasteiger partial charge in [-0.15, -0.1) is 0 Å². The van der Waals surface area contributed by atoms with Crippen molar-refractivity contribution in [1.82, 2.24) is 20.8 Å². The lowest BCUT2D eigenvalue weighted by Gasteiger charge is -2.12. The second kappa shape index (κ2) is 6.66. The fourth-order valence-corrected chi connectivity index (χ4v) is 2.36. The van der Waals surface area contributed by atoms with E-state index in [2.05, 4.69) is 20.8 Å². The van der Waals surface area contributed by atoms with Crippen molar-refractivity contribution in [2.45, 2.75) is 19.4 Å². The van der Waals surface area contributed by atoms with Gasteiger partial charge in [-0.05, 0) is 6.07 Å². The number of fused-ring (bicyclic) bond motifs is 1. The van der Waals surface area contributed by atoms with Gasteiger partial charge in [0, 0.05) is 24.1 Å². The first kappa shape index (κ1) is 15.3. The third kappa shape index (κ3) is 3.26. The molecule has 1 aliphatic rings. The topological polar surface area (TPSA) is 110 Å². The van der Waals surface area contributed by atoms with Crippen LogP contribution in [0.2, 0.25) is 0 Å². The summed E-state index contributed by atoms with van der Waals surface area (Å²) < 4.78 is 10.7. The number of urea groups is 1. The number of ether oxygens (including phenoxy) is 1. The number of aliphatic hydroxyl groups excluding tert-OH is 1. The average molecular weight is 318 g/mol. The second-order valence-electron chi connectivity index (χ2n) is 5.11. The van der Waals surface area contributed by atoms with Crippen molar-refractivity contribution in [2.24, 2.45) is 0 Å². The van der Waals surface area contributed by atoms with Crippen LogP contribution in [0.3, 0.4) is 0 Å². The van der Waals surface area contributed by atoms with Crippen LogP contribution >= 0.6 is 0 Å². The Balaban J connectivity index is 1.73. The van der Waals surface area contributed by atoms with Gasteiger partial charge in [0.05, 0.1) is 12.6 Å². The van der Waals surface area contributed by atoms with Gasteiger partial charge in [0.2, 0.25) is 11.7 Å². The van der Waals surface area contributed by atoms with E-state index in [9.17, 15) is 4.79 Å². The largest absolute Gasteiger partial charge is 0.491 e. The smallest absolute Gasteiger partial charge is 0.315 e. The molecular formula is C15H18N4O4. The first-order chi connectivity index (χ1) is 11.2. The molecule has 2 aromatic rings. The standard InChI is InChI=1S/C15H18N4O4/c1-2-13-18-14(19-23-13)9-3-4-10-11(8-22-12(10)7-9)17-15(21)16-5-6-20/h3-4,7,11,20H,2,5-6,8H2,1H3,(H2,16,17,21). The van der Waals surface area contributed by atoms with Crippen LogP contribution in [0.5, 0.6) is 5.75 Å². The van der Waals surface area contributed by atoms with Crippen LogP contribution < -0.4 is 15.4 Å². The van der Waals surface area contributed by atoms with E-state index in [0.717, 1.165) is 11.1 Å². The summed E-state index contributed by atoms with van der Waals surface area (Å²) in [6.45, 7) is 2.42. The van der Waals surface area contributed by atoms with Crippen molar-refractivity contribution in [2.75, 3.05) is 19.8 Å². The summed E-state index contributed by atoms with van der Waals surface area (Å²) in [4.78, 5) is 16.0. The maximum absolute atomic E-state index is 11.7. The molecule has 1 aliphatic heterocycles. The van der Waals surface area contributed by atoms with E-state index in [1.807, 2.05) is 25.1 Å². The summed E-state index contributed by atoms with van der Waals surface area (Å²) >= 11 is 0. The number of benzene rings is 1. The molecule has 0 radical (unpaired) electrons. The molecule has 0 saturated heterocycles. The molecule has 0 saturated carbocycles. The lowest BCUT2D eigenvalue weighted by atomic mass is 10.1. The molecular weight excluding hydrogens is 300 g/mol. The number of nitrogens with zero attached hydrogens (tertiary/aromatic N) is 2. The Morgan fingerprint density at radius 3 is 3.09 bits per heavy atom. The lowest BCUT2D eigenvalue weighted by molar-refractivity contribution is 0.226. The number of carbonyl (C=O) groups excluding carboxylic acids is 1. The number of aryl methyl sites for hydroxylation is 1. The second-order valence-corrected chi connectivity index (χ2v) is 5.11. The van der Waals surface area contributed by atoms with Crippen molar-refractivity contribution in [3.8, 4) is 17.1 Å². The van der Waals surface area contributed by atoms with E-state index < -0.39 is 0 Å². The number of hydrogen-bond donors (Lipinski definition) is 3. The lowest BCUT2D eigenvalue weighted by Crippen LogP contribution is -2.39. The van der Waals surface area contributed by atoms with Crippen LogP contribution in [0.25, 0.3) is 11.4 Å². The SMILES string of the molecule is CCc1nc(-c2ccc3c(c2)OCC3NC(=O)NCCO)no1. The zero-order valence-electron chi connectivity index (χ0n) is 12.7. The van der Waals surface area contributed by atoms with Crippen LogP contribution in [0, 0.1) is 0 Å². The van der Waals surface area contributed by atoms with Gasteiger partial charge < -0.3 is 25.0 Å². The van der Waals surface area contributed by atoms with Crippen molar-refractivity contribution in [3.63, 3.8) is 0 Å². The molecule has 8 heteroatoms. The van der Waals surface area contributed by atoms with Crippen LogP contribution in [0.4, 0.5) is 4.79 Å². The van der Waals surface area contributed by atoms with Crippen molar-refractivity contribution in [3.05, 3.63) is 29.7 Å². The van der Waals surface area contributed by atoms with Crippen LogP contribution in [0.1, 0.15) is 24.4 Å². The Hall–Kier alpha value is -2.61. The molecule has 2 heterocycles. The maximum Gasteiger partial charge on any atom is 0.315 e. The Kier molecular flexibility index (Phi) is 4.42. The van der Waals surface area contributed by atoms with E-state index >= 15 is 0 Å². The van der Waals surface area contributed by atoms with Crippen LogP contribution in [-0.2, 0) is 6.42 Å². The predicted octanol–water partition coefficient (Wildman–Crippen LogP) is 1.02. The molecule has 1 aromatic carbocycles. The van der Waals surface area contributed by atoms with Gasteiger partial charge in [-0.3, -0.25) is 0 Å². The number of carbonyl (C=O) groups is 1. The summed E-state index contributed by atoms with van der Waals surface area (Å²) in [6.07, 6.45) is 0.684. The minimum Gasteiger partial charge on any atom is -0.491 e. The quantitative estimate of drug-likeness (QED) is 0.759. The van der Waals surface area contributed by atoms with Crippen LogP contribution in [0.15, 0.2) is 22.7 Å². The van der Waals surface area contributed by atoms with Gasteiger partial charge in [0.1, 0.15) is 12.4 Å². The summed E-state index contributed by atoms with van der Waals surface area (Å²) in [6, 6.07) is 5.03. The van der Waals surface area contributed by atoms with E-state index in [0.29, 0.717) is 30.5 Å². The minimum absolute atomic E-state index is 0.0982. The maximum atomic E-state index is 11.7. The molecule has 1 aromatic heterocycles. The van der Waals surface area contributed by atoms with Crippen LogP contribution in [-0.4, -0.2) is 41.0 Å². The number of aliphatic hydroxyl groups is 1. The van der Waals surface area contributed by atoms with Crippen molar-refractivity contribution < 1.29 is 19.2 Å².